The van der Waals surface area contributed by atoms with E-state index in [0.29, 0.717) is 6.42 Å². The summed E-state index contributed by atoms with van der Waals surface area (Å²) in [5.74, 6) is 0.741. The van der Waals surface area contributed by atoms with Crippen LogP contribution < -0.4 is 10.1 Å². The number of nitrogens with one attached hydrogen (secondary N) is 1. The van der Waals surface area contributed by atoms with E-state index in [1.165, 1.54) is 5.56 Å². The molecule has 1 aliphatic carbocycles. The molecule has 4 nitrogen and oxygen atoms in total. The van der Waals surface area contributed by atoms with E-state index in [4.69, 9.17) is 4.74 Å². The fraction of sp³-hybridized carbons (Fsp3) is 0.211. The van der Waals surface area contributed by atoms with Crippen molar-refractivity contribution in [1.82, 2.24) is 0 Å². The van der Waals surface area contributed by atoms with Crippen molar-refractivity contribution in [3.05, 3.63) is 53.1 Å². The van der Waals surface area contributed by atoms with Gasteiger partial charge in [0.25, 0.3) is 0 Å². The van der Waals surface area contributed by atoms with Crippen LogP contribution in [-0.2, 0) is 22.0 Å². The number of anilines is 1. The molecule has 0 radical (unpaired) electrons. The van der Waals surface area contributed by atoms with Crippen LogP contribution in [0.4, 0.5) is 5.69 Å². The zero-order valence-corrected chi connectivity index (χ0v) is 14.3. The molecule has 0 fully saturated rings. The van der Waals surface area contributed by atoms with E-state index in [1.54, 1.807) is 13.4 Å². The van der Waals surface area contributed by atoms with Gasteiger partial charge in [0, 0.05) is 33.2 Å². The average Bonchev–Trinajstić information content (AvgIpc) is 2.85. The first kappa shape index (κ1) is 15.1. The number of benzene rings is 2. The number of ether oxygens (including phenoxy) is 1. The Morgan fingerprint density at radius 1 is 1.04 bits per heavy atom. The predicted octanol–water partition coefficient (Wildman–Crippen LogP) is 3.24. The molecule has 2 aromatic rings. The molecule has 1 amide bonds. The van der Waals surface area contributed by atoms with Crippen LogP contribution in [0.5, 0.6) is 5.75 Å². The Labute approximate surface area is 143 Å². The van der Waals surface area contributed by atoms with Gasteiger partial charge in [0.2, 0.25) is 5.91 Å². The highest BCUT2D eigenvalue weighted by atomic mass is 32.2. The molecule has 0 spiro atoms. The maximum Gasteiger partial charge on any atom is 0.228 e. The van der Waals surface area contributed by atoms with Gasteiger partial charge in [-0.1, -0.05) is 6.07 Å². The molecule has 1 N–H and O–H groups in total. The Morgan fingerprint density at radius 2 is 1.83 bits per heavy atom. The van der Waals surface area contributed by atoms with Crippen molar-refractivity contribution in [2.75, 3.05) is 18.7 Å². The minimum Gasteiger partial charge on any atom is -0.497 e. The zero-order valence-electron chi connectivity index (χ0n) is 13.5. The van der Waals surface area contributed by atoms with Gasteiger partial charge in [-0.2, -0.15) is 0 Å². The number of amides is 1. The van der Waals surface area contributed by atoms with Gasteiger partial charge >= 0.3 is 0 Å². The standard InChI is InChI=1S/C19H17NO3S/c1-23-12-4-6-18-17(8-12)15-7-11-3-5-13(24(2)22)9-14(11)16(15)10-19(21)20-18/h3-6,8-9H,7,10H2,1-2H3,(H,20,21). The number of rotatable bonds is 2. The highest BCUT2D eigenvalue weighted by molar-refractivity contribution is 7.84. The lowest BCUT2D eigenvalue weighted by molar-refractivity contribution is -0.115. The van der Waals surface area contributed by atoms with Crippen molar-refractivity contribution in [2.24, 2.45) is 0 Å². The van der Waals surface area contributed by atoms with Gasteiger partial charge in [-0.05, 0) is 59.0 Å². The summed E-state index contributed by atoms with van der Waals surface area (Å²) >= 11 is 0. The van der Waals surface area contributed by atoms with E-state index in [1.807, 2.05) is 36.4 Å². The fourth-order valence-corrected chi connectivity index (χ4v) is 4.00. The molecule has 24 heavy (non-hydrogen) atoms. The molecule has 1 unspecified atom stereocenters. The number of allylic oxidation sites excluding steroid dienone is 1. The third-order valence-corrected chi connectivity index (χ3v) is 5.55. The molecule has 4 rings (SSSR count). The summed E-state index contributed by atoms with van der Waals surface area (Å²) in [5.41, 5.74) is 6.22. The van der Waals surface area contributed by atoms with Gasteiger partial charge < -0.3 is 10.1 Å². The summed E-state index contributed by atoms with van der Waals surface area (Å²) in [5, 5.41) is 2.97. The van der Waals surface area contributed by atoms with Gasteiger partial charge in [-0.3, -0.25) is 9.00 Å². The minimum absolute atomic E-state index is 0.0257. The van der Waals surface area contributed by atoms with E-state index in [0.717, 1.165) is 45.0 Å². The molecule has 0 saturated carbocycles. The van der Waals surface area contributed by atoms with Gasteiger partial charge in [-0.25, -0.2) is 0 Å². The summed E-state index contributed by atoms with van der Waals surface area (Å²) < 4.78 is 17.2. The number of fused-ring (bicyclic) bond motifs is 4. The van der Waals surface area contributed by atoms with E-state index >= 15 is 0 Å². The molecule has 5 heteroatoms. The Morgan fingerprint density at radius 3 is 2.58 bits per heavy atom. The first-order chi connectivity index (χ1) is 11.6. The molecule has 0 bridgehead atoms. The van der Waals surface area contributed by atoms with Crippen LogP contribution in [0.1, 0.15) is 23.1 Å². The minimum atomic E-state index is -1.04. The van der Waals surface area contributed by atoms with Crippen LogP contribution in [0.2, 0.25) is 0 Å². The molecule has 2 aliphatic rings. The summed E-state index contributed by atoms with van der Waals surface area (Å²) in [7, 11) is 0.598. The van der Waals surface area contributed by atoms with E-state index in [9.17, 15) is 9.00 Å². The van der Waals surface area contributed by atoms with Gasteiger partial charge in [0.05, 0.1) is 13.5 Å². The van der Waals surface area contributed by atoms with Crippen molar-refractivity contribution in [3.8, 4) is 5.75 Å². The molecule has 1 aliphatic heterocycles. The van der Waals surface area contributed by atoms with Crippen molar-refractivity contribution >= 4 is 33.5 Å². The Balaban J connectivity index is 1.92. The number of carbonyl (C=O) groups is 1. The predicted molar refractivity (Wildman–Crippen MR) is 95.5 cm³/mol. The van der Waals surface area contributed by atoms with E-state index in [2.05, 4.69) is 5.32 Å². The monoisotopic (exact) mass is 339 g/mol. The highest BCUT2D eigenvalue weighted by Crippen LogP contribution is 2.45. The van der Waals surface area contributed by atoms with Crippen molar-refractivity contribution < 1.29 is 13.7 Å². The van der Waals surface area contributed by atoms with Crippen LogP contribution >= 0.6 is 0 Å². The van der Waals surface area contributed by atoms with Crippen LogP contribution in [-0.4, -0.2) is 23.5 Å². The average molecular weight is 339 g/mol. The van der Waals surface area contributed by atoms with Gasteiger partial charge in [0.15, 0.2) is 0 Å². The van der Waals surface area contributed by atoms with Crippen LogP contribution in [0.15, 0.2) is 41.3 Å². The second-order valence-corrected chi connectivity index (χ2v) is 7.42. The summed E-state index contributed by atoms with van der Waals surface area (Å²) in [6.45, 7) is 0. The van der Waals surface area contributed by atoms with Crippen molar-refractivity contribution in [3.63, 3.8) is 0 Å². The molecular formula is C19H17NO3S. The van der Waals surface area contributed by atoms with Crippen LogP contribution in [0.25, 0.3) is 11.1 Å². The SMILES string of the molecule is COc1ccc2c(c1)C1=C(CC(=O)N2)c2cc(S(C)=O)ccc2C1. The first-order valence-electron chi connectivity index (χ1n) is 7.74. The van der Waals surface area contributed by atoms with Gasteiger partial charge in [0.1, 0.15) is 5.75 Å². The van der Waals surface area contributed by atoms with E-state index < -0.39 is 10.8 Å². The number of carbonyl (C=O) groups excluding carboxylic acids is 1. The second kappa shape index (κ2) is 5.60. The normalized spacial score (nSPS) is 16.7. The molecule has 0 aromatic heterocycles. The topological polar surface area (TPSA) is 55.4 Å². The lowest BCUT2D eigenvalue weighted by Gasteiger charge is -2.11. The van der Waals surface area contributed by atoms with Crippen molar-refractivity contribution in [1.29, 1.82) is 0 Å². The van der Waals surface area contributed by atoms with Gasteiger partial charge in [-0.15, -0.1) is 0 Å². The number of methoxy groups -OCH3 is 1. The van der Waals surface area contributed by atoms with Crippen LogP contribution in [0, 0.1) is 0 Å². The molecule has 1 heterocycles. The van der Waals surface area contributed by atoms with Crippen molar-refractivity contribution in [2.45, 2.75) is 17.7 Å². The Kier molecular flexibility index (Phi) is 3.53. The summed E-state index contributed by atoms with van der Waals surface area (Å²) in [6.07, 6.45) is 2.78. The third kappa shape index (κ3) is 2.36. The molecule has 0 saturated heterocycles. The fourth-order valence-electron chi connectivity index (χ4n) is 3.45. The lowest BCUT2D eigenvalue weighted by atomic mass is 9.98. The second-order valence-electron chi connectivity index (χ2n) is 6.04. The first-order valence-corrected chi connectivity index (χ1v) is 9.29. The Hall–Kier alpha value is -2.40. The summed E-state index contributed by atoms with van der Waals surface area (Å²) in [4.78, 5) is 13.1. The van der Waals surface area contributed by atoms with E-state index in [-0.39, 0.29) is 5.91 Å². The highest BCUT2D eigenvalue weighted by Gasteiger charge is 2.29. The Bertz CT molecular complexity index is 930. The van der Waals surface area contributed by atoms with Crippen LogP contribution in [0.3, 0.4) is 0 Å². The number of hydrogen-bond acceptors (Lipinski definition) is 3. The molecule has 2 aromatic carbocycles. The maximum absolute atomic E-state index is 12.3. The molecule has 1 atom stereocenters. The molecular weight excluding hydrogens is 322 g/mol. The number of hydrogen-bond donors (Lipinski definition) is 1. The maximum atomic E-state index is 12.3. The quantitative estimate of drug-likeness (QED) is 0.914. The molecule has 122 valence electrons. The lowest BCUT2D eigenvalue weighted by Crippen LogP contribution is -2.11. The summed E-state index contributed by atoms with van der Waals surface area (Å²) in [6, 6.07) is 11.6. The smallest absolute Gasteiger partial charge is 0.228 e. The zero-order chi connectivity index (χ0) is 16.8. The third-order valence-electron chi connectivity index (χ3n) is 4.63. The largest absolute Gasteiger partial charge is 0.497 e.